The lowest BCUT2D eigenvalue weighted by Crippen LogP contribution is -2.30. The quantitative estimate of drug-likeness (QED) is 0.637. The third-order valence-electron chi connectivity index (χ3n) is 5.11. The number of aryl methyl sites for hydroxylation is 1. The Labute approximate surface area is 169 Å². The number of piperidine rings is 1. The Morgan fingerprint density at radius 3 is 2.69 bits per heavy atom. The van der Waals surface area contributed by atoms with Gasteiger partial charge in [0.1, 0.15) is 5.82 Å². The number of amides is 1. The molecule has 1 fully saturated rings. The van der Waals surface area contributed by atoms with E-state index in [-0.39, 0.29) is 18.1 Å². The summed E-state index contributed by atoms with van der Waals surface area (Å²) in [5, 5.41) is 2.87. The van der Waals surface area contributed by atoms with Crippen LogP contribution in [0, 0.1) is 5.82 Å². The zero-order valence-electron chi connectivity index (χ0n) is 16.2. The first-order valence-corrected chi connectivity index (χ1v) is 10.0. The summed E-state index contributed by atoms with van der Waals surface area (Å²) in [5.41, 5.74) is 2.35. The molecule has 0 saturated carbocycles. The minimum absolute atomic E-state index is 0.187. The van der Waals surface area contributed by atoms with E-state index in [0.29, 0.717) is 23.8 Å². The molecule has 0 aliphatic carbocycles. The molecule has 5 nitrogen and oxygen atoms in total. The van der Waals surface area contributed by atoms with Crippen LogP contribution in [0.2, 0.25) is 0 Å². The Bertz CT molecular complexity index is 965. The van der Waals surface area contributed by atoms with Crippen molar-refractivity contribution in [2.45, 2.75) is 32.1 Å². The van der Waals surface area contributed by atoms with Gasteiger partial charge in [0.05, 0.1) is 17.6 Å². The van der Waals surface area contributed by atoms with Crippen molar-refractivity contribution < 1.29 is 13.6 Å². The molecule has 3 aromatic rings. The SMILES string of the molecule is O=C(CCc1ncc(-c2ccccc2)o1)Nc1cc(F)ccc1N1CCCCC1. The molecule has 150 valence electrons. The van der Waals surface area contributed by atoms with E-state index in [1.807, 2.05) is 30.3 Å². The number of hydrogen-bond donors (Lipinski definition) is 1. The maximum Gasteiger partial charge on any atom is 0.224 e. The standard InChI is InChI=1S/C23H24FN3O2/c24-18-9-10-20(27-13-5-2-6-14-27)19(15-18)26-22(28)11-12-23-25-16-21(29-23)17-7-3-1-4-8-17/h1,3-4,7-10,15-16H,2,5-6,11-14H2,(H,26,28). The van der Waals surface area contributed by atoms with Gasteiger partial charge in [-0.3, -0.25) is 4.79 Å². The third-order valence-corrected chi connectivity index (χ3v) is 5.11. The van der Waals surface area contributed by atoms with Crippen LogP contribution in [-0.2, 0) is 11.2 Å². The van der Waals surface area contributed by atoms with Gasteiger partial charge in [0.25, 0.3) is 0 Å². The summed E-state index contributed by atoms with van der Waals surface area (Å²) in [4.78, 5) is 19.0. The maximum atomic E-state index is 13.8. The number of oxazole rings is 1. The van der Waals surface area contributed by atoms with Crippen LogP contribution in [0.1, 0.15) is 31.6 Å². The van der Waals surface area contributed by atoms with E-state index < -0.39 is 0 Å². The second kappa shape index (κ2) is 8.90. The third kappa shape index (κ3) is 4.83. The highest BCUT2D eigenvalue weighted by Crippen LogP contribution is 2.29. The summed E-state index contributed by atoms with van der Waals surface area (Å²) in [6.45, 7) is 1.85. The molecule has 1 aliphatic rings. The van der Waals surface area contributed by atoms with Crippen LogP contribution in [0.25, 0.3) is 11.3 Å². The van der Waals surface area contributed by atoms with Crippen molar-refractivity contribution in [1.29, 1.82) is 0 Å². The fourth-order valence-corrected chi connectivity index (χ4v) is 3.61. The van der Waals surface area contributed by atoms with Crippen molar-refractivity contribution in [3.05, 3.63) is 66.4 Å². The lowest BCUT2D eigenvalue weighted by molar-refractivity contribution is -0.116. The Kier molecular flexibility index (Phi) is 5.89. The van der Waals surface area contributed by atoms with Crippen LogP contribution >= 0.6 is 0 Å². The van der Waals surface area contributed by atoms with E-state index in [1.54, 1.807) is 12.3 Å². The molecule has 1 aromatic heterocycles. The van der Waals surface area contributed by atoms with Crippen LogP contribution in [0.3, 0.4) is 0 Å². The smallest absolute Gasteiger partial charge is 0.224 e. The first kappa shape index (κ1) is 19.2. The topological polar surface area (TPSA) is 58.4 Å². The number of aromatic nitrogens is 1. The van der Waals surface area contributed by atoms with Crippen molar-refractivity contribution in [1.82, 2.24) is 4.98 Å². The molecule has 0 unspecified atom stereocenters. The summed E-state index contributed by atoms with van der Waals surface area (Å²) < 4.78 is 19.5. The minimum Gasteiger partial charge on any atom is -0.441 e. The highest BCUT2D eigenvalue weighted by Gasteiger charge is 2.17. The molecule has 1 aliphatic heterocycles. The van der Waals surface area contributed by atoms with Gasteiger partial charge in [-0.25, -0.2) is 9.37 Å². The van der Waals surface area contributed by atoms with Crippen LogP contribution in [0.15, 0.2) is 59.1 Å². The minimum atomic E-state index is -0.360. The molecule has 0 radical (unpaired) electrons. The summed E-state index contributed by atoms with van der Waals surface area (Å²) >= 11 is 0. The van der Waals surface area contributed by atoms with Crippen molar-refractivity contribution in [3.63, 3.8) is 0 Å². The van der Waals surface area contributed by atoms with E-state index in [0.717, 1.165) is 37.2 Å². The zero-order valence-corrected chi connectivity index (χ0v) is 16.2. The summed E-state index contributed by atoms with van der Waals surface area (Å²) in [7, 11) is 0. The van der Waals surface area contributed by atoms with E-state index in [4.69, 9.17) is 4.42 Å². The van der Waals surface area contributed by atoms with E-state index in [9.17, 15) is 9.18 Å². The normalized spacial score (nSPS) is 14.0. The maximum absolute atomic E-state index is 13.8. The van der Waals surface area contributed by atoms with Crippen molar-refractivity contribution in [3.8, 4) is 11.3 Å². The van der Waals surface area contributed by atoms with Gasteiger partial charge in [-0.2, -0.15) is 0 Å². The van der Waals surface area contributed by atoms with Crippen molar-refractivity contribution in [2.75, 3.05) is 23.3 Å². The fourth-order valence-electron chi connectivity index (χ4n) is 3.61. The van der Waals surface area contributed by atoms with Gasteiger partial charge in [0.2, 0.25) is 5.91 Å². The molecule has 2 aromatic carbocycles. The molecule has 4 rings (SSSR count). The number of rotatable bonds is 6. The average Bonchev–Trinajstić information content (AvgIpc) is 3.23. The number of benzene rings is 2. The summed E-state index contributed by atoms with van der Waals surface area (Å²) in [6.07, 6.45) is 5.69. The monoisotopic (exact) mass is 393 g/mol. The molecule has 1 amide bonds. The highest BCUT2D eigenvalue weighted by molar-refractivity contribution is 5.94. The predicted molar refractivity (Wildman–Crippen MR) is 111 cm³/mol. The average molecular weight is 393 g/mol. The first-order valence-electron chi connectivity index (χ1n) is 10.0. The lowest BCUT2D eigenvalue weighted by Gasteiger charge is -2.30. The van der Waals surface area contributed by atoms with Crippen LogP contribution in [-0.4, -0.2) is 24.0 Å². The van der Waals surface area contributed by atoms with E-state index in [1.165, 1.54) is 18.6 Å². The lowest BCUT2D eigenvalue weighted by atomic mass is 10.1. The molecule has 2 heterocycles. The zero-order chi connectivity index (χ0) is 20.1. The Hall–Kier alpha value is -3.15. The van der Waals surface area contributed by atoms with Gasteiger partial charge in [-0.15, -0.1) is 0 Å². The number of nitrogens with zero attached hydrogens (tertiary/aromatic N) is 2. The number of halogens is 1. The molecule has 1 N–H and O–H groups in total. The number of carbonyl (C=O) groups is 1. The first-order chi connectivity index (χ1) is 14.2. The molecule has 29 heavy (non-hydrogen) atoms. The molecule has 6 heteroatoms. The van der Waals surface area contributed by atoms with E-state index >= 15 is 0 Å². The van der Waals surface area contributed by atoms with Gasteiger partial charge < -0.3 is 14.6 Å². The molecule has 0 bridgehead atoms. The summed E-state index contributed by atoms with van der Waals surface area (Å²) in [5.74, 6) is 0.641. The van der Waals surface area contributed by atoms with Gasteiger partial charge in [-0.1, -0.05) is 30.3 Å². The van der Waals surface area contributed by atoms with Crippen LogP contribution in [0.4, 0.5) is 15.8 Å². The van der Waals surface area contributed by atoms with Gasteiger partial charge in [0, 0.05) is 31.5 Å². The summed E-state index contributed by atoms with van der Waals surface area (Å²) in [6, 6.07) is 14.3. The van der Waals surface area contributed by atoms with Crippen molar-refractivity contribution >= 4 is 17.3 Å². The molecule has 0 atom stereocenters. The van der Waals surface area contributed by atoms with Crippen LogP contribution in [0.5, 0.6) is 0 Å². The Balaban J connectivity index is 1.39. The largest absolute Gasteiger partial charge is 0.441 e. The predicted octanol–water partition coefficient (Wildman–Crippen LogP) is 5.04. The van der Waals surface area contributed by atoms with Gasteiger partial charge in [0.15, 0.2) is 11.7 Å². The molecule has 1 saturated heterocycles. The molecule has 0 spiro atoms. The Morgan fingerprint density at radius 1 is 1.10 bits per heavy atom. The molecular weight excluding hydrogens is 369 g/mol. The number of carbonyl (C=O) groups excluding carboxylic acids is 1. The molecular formula is C23H24FN3O2. The second-order valence-electron chi connectivity index (χ2n) is 7.24. The van der Waals surface area contributed by atoms with Crippen LogP contribution < -0.4 is 10.2 Å². The van der Waals surface area contributed by atoms with Gasteiger partial charge >= 0.3 is 0 Å². The van der Waals surface area contributed by atoms with E-state index in [2.05, 4.69) is 15.2 Å². The number of hydrogen-bond acceptors (Lipinski definition) is 4. The fraction of sp³-hybridized carbons (Fsp3) is 0.304. The number of anilines is 2. The van der Waals surface area contributed by atoms with Crippen molar-refractivity contribution in [2.24, 2.45) is 0 Å². The second-order valence-corrected chi connectivity index (χ2v) is 7.24. The van der Waals surface area contributed by atoms with Gasteiger partial charge in [-0.05, 0) is 37.5 Å². The number of nitrogens with one attached hydrogen (secondary N) is 1. The Morgan fingerprint density at radius 2 is 1.90 bits per heavy atom. The highest BCUT2D eigenvalue weighted by atomic mass is 19.1.